The van der Waals surface area contributed by atoms with Gasteiger partial charge in [0, 0.05) is 24.7 Å². The van der Waals surface area contributed by atoms with E-state index >= 15 is 0 Å². The van der Waals surface area contributed by atoms with E-state index in [9.17, 15) is 8.78 Å². The predicted octanol–water partition coefficient (Wildman–Crippen LogP) is 5.31. The molecular weight excluding hydrogens is 400 g/mol. The number of anilines is 1. The lowest BCUT2D eigenvalue weighted by Gasteiger charge is -2.07. The van der Waals surface area contributed by atoms with Crippen LogP contribution in [-0.2, 0) is 6.42 Å². The van der Waals surface area contributed by atoms with Crippen molar-refractivity contribution in [2.75, 3.05) is 31.6 Å². The number of benzene rings is 2. The van der Waals surface area contributed by atoms with Gasteiger partial charge in [0.1, 0.15) is 22.9 Å². The monoisotopic (exact) mass is 429 g/mol. The van der Waals surface area contributed by atoms with Gasteiger partial charge in [-0.1, -0.05) is 18.9 Å². The van der Waals surface area contributed by atoms with Gasteiger partial charge in [0.05, 0.1) is 6.61 Å². The molecule has 1 aromatic heterocycles. The van der Waals surface area contributed by atoms with Crippen molar-refractivity contribution in [1.82, 2.24) is 10.3 Å². The van der Waals surface area contributed by atoms with Gasteiger partial charge in [0.25, 0.3) is 6.01 Å². The van der Waals surface area contributed by atoms with Crippen LogP contribution in [0.25, 0.3) is 11.1 Å². The summed E-state index contributed by atoms with van der Waals surface area (Å²) in [4.78, 5) is 4.52. The fourth-order valence-corrected chi connectivity index (χ4v) is 3.91. The Hall–Kier alpha value is -2.67. The summed E-state index contributed by atoms with van der Waals surface area (Å²) < 4.78 is 37.6. The molecule has 0 bridgehead atoms. The Balaban J connectivity index is 1.15. The number of aryl methyl sites for hydroxylation is 1. The van der Waals surface area contributed by atoms with Crippen LogP contribution in [0.1, 0.15) is 37.7 Å². The molecule has 166 valence electrons. The number of hydrogen-bond acceptors (Lipinski definition) is 5. The highest BCUT2D eigenvalue weighted by Crippen LogP contribution is 2.22. The normalized spacial score (nSPS) is 16.1. The van der Waals surface area contributed by atoms with Crippen molar-refractivity contribution < 1.29 is 17.9 Å². The first-order chi connectivity index (χ1) is 15.2. The molecule has 0 spiro atoms. The minimum absolute atomic E-state index is 0.242. The van der Waals surface area contributed by atoms with E-state index in [1.165, 1.54) is 24.1 Å². The molecule has 1 fully saturated rings. The number of oxazole rings is 1. The van der Waals surface area contributed by atoms with E-state index in [-0.39, 0.29) is 5.75 Å². The number of nitrogens with zero attached hydrogens (tertiary/aromatic N) is 1. The first-order valence-electron chi connectivity index (χ1n) is 11.1. The van der Waals surface area contributed by atoms with E-state index in [2.05, 4.69) is 27.8 Å². The Morgan fingerprint density at radius 2 is 1.90 bits per heavy atom. The Morgan fingerprint density at radius 1 is 1.06 bits per heavy atom. The average molecular weight is 430 g/mol. The third kappa shape index (κ3) is 6.40. The predicted molar refractivity (Wildman–Crippen MR) is 118 cm³/mol. The molecule has 7 heteroatoms. The van der Waals surface area contributed by atoms with Crippen LogP contribution in [0.15, 0.2) is 40.8 Å². The molecule has 0 unspecified atom stereocenters. The third-order valence-corrected chi connectivity index (χ3v) is 5.62. The van der Waals surface area contributed by atoms with Gasteiger partial charge in [-0.25, -0.2) is 8.78 Å². The summed E-state index contributed by atoms with van der Waals surface area (Å²) in [6, 6.07) is 10.0. The van der Waals surface area contributed by atoms with E-state index in [1.54, 1.807) is 0 Å². The zero-order valence-corrected chi connectivity index (χ0v) is 17.6. The van der Waals surface area contributed by atoms with Gasteiger partial charge in [-0.2, -0.15) is 4.98 Å². The molecule has 31 heavy (non-hydrogen) atoms. The van der Waals surface area contributed by atoms with Crippen molar-refractivity contribution in [2.45, 2.75) is 38.5 Å². The largest absolute Gasteiger partial charge is 0.493 e. The highest BCUT2D eigenvalue weighted by molar-refractivity contribution is 5.75. The standard InChI is InChI=1S/C24H29F2N3O2/c25-19-12-20(26)14-21(13-19)30-10-4-2-1-3-5-17-6-7-22-23(11-17)31-24(29-22)28-16-18-8-9-27-15-18/h6-7,11-14,18,27H,1-5,8-10,15-16H2,(H,28,29)/t18-/m0/s1. The fraction of sp³-hybridized carbons (Fsp3) is 0.458. The topological polar surface area (TPSA) is 59.3 Å². The van der Waals surface area contributed by atoms with E-state index in [0.29, 0.717) is 18.5 Å². The number of halogens is 2. The molecule has 1 aliphatic rings. The van der Waals surface area contributed by atoms with Gasteiger partial charge in [-0.05, 0) is 62.4 Å². The van der Waals surface area contributed by atoms with Crippen molar-refractivity contribution >= 4 is 17.1 Å². The summed E-state index contributed by atoms with van der Waals surface area (Å²) in [5.41, 5.74) is 2.93. The van der Waals surface area contributed by atoms with Crippen molar-refractivity contribution in [3.05, 3.63) is 53.6 Å². The maximum Gasteiger partial charge on any atom is 0.295 e. The molecule has 2 N–H and O–H groups in total. The summed E-state index contributed by atoms with van der Waals surface area (Å²) in [5, 5.41) is 6.68. The zero-order chi connectivity index (χ0) is 21.5. The molecule has 5 nitrogen and oxygen atoms in total. The lowest BCUT2D eigenvalue weighted by atomic mass is 10.1. The van der Waals surface area contributed by atoms with Crippen LogP contribution in [0.4, 0.5) is 14.8 Å². The SMILES string of the molecule is Fc1cc(F)cc(OCCCCCCc2ccc3nc(NC[C@H]4CCNC4)oc3c2)c1. The fourth-order valence-electron chi connectivity index (χ4n) is 3.91. The molecule has 2 heterocycles. The van der Waals surface area contributed by atoms with Gasteiger partial charge in [-0.15, -0.1) is 0 Å². The summed E-state index contributed by atoms with van der Waals surface area (Å²) in [6.45, 7) is 3.47. The minimum atomic E-state index is -0.618. The lowest BCUT2D eigenvalue weighted by Crippen LogP contribution is -2.17. The van der Waals surface area contributed by atoms with Crippen LogP contribution >= 0.6 is 0 Å². The molecule has 0 amide bonds. The van der Waals surface area contributed by atoms with Gasteiger partial charge in [-0.3, -0.25) is 0 Å². The molecule has 0 radical (unpaired) electrons. The number of aromatic nitrogens is 1. The molecule has 1 atom stereocenters. The van der Waals surface area contributed by atoms with Crippen LogP contribution in [-0.4, -0.2) is 31.2 Å². The Kier molecular flexibility index (Phi) is 7.35. The van der Waals surface area contributed by atoms with Crippen LogP contribution in [0.5, 0.6) is 5.75 Å². The van der Waals surface area contributed by atoms with E-state index in [0.717, 1.165) is 68.9 Å². The van der Waals surface area contributed by atoms with Crippen LogP contribution in [0, 0.1) is 17.6 Å². The van der Waals surface area contributed by atoms with Gasteiger partial charge < -0.3 is 19.8 Å². The van der Waals surface area contributed by atoms with Crippen LogP contribution in [0.3, 0.4) is 0 Å². The first kappa shape index (κ1) is 21.6. The van der Waals surface area contributed by atoms with Crippen molar-refractivity contribution in [3.8, 4) is 5.75 Å². The third-order valence-electron chi connectivity index (χ3n) is 5.62. The molecular formula is C24H29F2N3O2. The van der Waals surface area contributed by atoms with Crippen LogP contribution < -0.4 is 15.4 Å². The molecule has 4 rings (SSSR count). The molecule has 3 aromatic rings. The Bertz CT molecular complexity index is 966. The highest BCUT2D eigenvalue weighted by atomic mass is 19.1. The highest BCUT2D eigenvalue weighted by Gasteiger charge is 2.15. The summed E-state index contributed by atoms with van der Waals surface area (Å²) in [7, 11) is 0. The Morgan fingerprint density at radius 3 is 2.71 bits per heavy atom. The van der Waals surface area contributed by atoms with Gasteiger partial charge >= 0.3 is 0 Å². The van der Waals surface area contributed by atoms with Crippen molar-refractivity contribution in [1.29, 1.82) is 0 Å². The average Bonchev–Trinajstić information content (AvgIpc) is 3.40. The molecule has 0 saturated carbocycles. The molecule has 0 aliphatic carbocycles. The summed E-state index contributed by atoms with van der Waals surface area (Å²) >= 11 is 0. The second-order valence-electron chi connectivity index (χ2n) is 8.18. The van der Waals surface area contributed by atoms with Crippen LogP contribution in [0.2, 0.25) is 0 Å². The number of hydrogen-bond donors (Lipinski definition) is 2. The maximum atomic E-state index is 13.1. The van der Waals surface area contributed by atoms with E-state index in [4.69, 9.17) is 9.15 Å². The molecule has 1 aliphatic heterocycles. The summed E-state index contributed by atoms with van der Waals surface area (Å²) in [6.07, 6.45) is 6.15. The number of nitrogens with one attached hydrogen (secondary N) is 2. The lowest BCUT2D eigenvalue weighted by molar-refractivity contribution is 0.301. The van der Waals surface area contributed by atoms with Crippen molar-refractivity contribution in [2.24, 2.45) is 5.92 Å². The number of fused-ring (bicyclic) bond motifs is 1. The van der Waals surface area contributed by atoms with E-state index < -0.39 is 11.6 Å². The zero-order valence-electron chi connectivity index (χ0n) is 17.6. The number of ether oxygens (including phenoxy) is 1. The second-order valence-corrected chi connectivity index (χ2v) is 8.18. The first-order valence-corrected chi connectivity index (χ1v) is 11.1. The smallest absolute Gasteiger partial charge is 0.295 e. The molecule has 1 saturated heterocycles. The minimum Gasteiger partial charge on any atom is -0.493 e. The van der Waals surface area contributed by atoms with E-state index in [1.807, 2.05) is 6.07 Å². The summed E-state index contributed by atoms with van der Waals surface area (Å²) in [5.74, 6) is -0.363. The quantitative estimate of drug-likeness (QED) is 0.405. The number of unbranched alkanes of at least 4 members (excludes halogenated alkanes) is 3. The number of rotatable bonds is 11. The van der Waals surface area contributed by atoms with Gasteiger partial charge in [0.2, 0.25) is 0 Å². The molecule has 2 aromatic carbocycles. The Labute approximate surface area is 181 Å². The van der Waals surface area contributed by atoms with Crippen molar-refractivity contribution in [3.63, 3.8) is 0 Å². The second kappa shape index (κ2) is 10.6. The maximum absolute atomic E-state index is 13.1. The van der Waals surface area contributed by atoms with Gasteiger partial charge in [0.15, 0.2) is 5.58 Å².